The summed E-state index contributed by atoms with van der Waals surface area (Å²) < 4.78 is 0. The van der Waals surface area contributed by atoms with Crippen LogP contribution in [0.4, 0.5) is 0 Å². The first-order chi connectivity index (χ1) is 15.4. The van der Waals surface area contributed by atoms with Crippen molar-refractivity contribution >= 4 is 23.6 Å². The van der Waals surface area contributed by atoms with E-state index < -0.39 is 42.0 Å². The van der Waals surface area contributed by atoms with Gasteiger partial charge >= 0.3 is 11.9 Å². The Balaban J connectivity index is 2.61. The number of carbonyl (C=O) groups is 4. The Labute approximate surface area is 192 Å². The largest absolute Gasteiger partial charge is 0.481 e. The molecule has 1 fully saturated rings. The molecule has 0 radical (unpaired) electrons. The fraction of sp³-hybridized carbons (Fsp3) is 0.840. The molecule has 1 aliphatic rings. The second-order valence-electron chi connectivity index (χ2n) is 9.21. The van der Waals surface area contributed by atoms with Crippen molar-refractivity contribution in [1.82, 2.24) is 5.32 Å². The lowest BCUT2D eigenvalue weighted by Gasteiger charge is -2.18. The lowest BCUT2D eigenvalue weighted by molar-refractivity contribution is -0.149. The minimum atomic E-state index is -1.40. The number of aliphatic carboxylic acids is 2. The molecule has 0 aromatic carbocycles. The van der Waals surface area contributed by atoms with Gasteiger partial charge in [0.25, 0.3) is 0 Å². The van der Waals surface area contributed by atoms with E-state index in [-0.39, 0.29) is 12.8 Å². The van der Waals surface area contributed by atoms with Crippen molar-refractivity contribution in [3.05, 3.63) is 0 Å². The zero-order valence-electron chi connectivity index (χ0n) is 19.6. The molecule has 1 rings (SSSR count). The molecule has 3 N–H and O–H groups in total. The summed E-state index contributed by atoms with van der Waals surface area (Å²) in [5.41, 5.74) is 0. The van der Waals surface area contributed by atoms with Crippen LogP contribution in [-0.2, 0) is 19.2 Å². The number of nitrogens with one attached hydrogen (secondary N) is 1. The molecule has 7 heteroatoms. The maximum atomic E-state index is 12.4. The minimum absolute atomic E-state index is 0.136. The van der Waals surface area contributed by atoms with Crippen LogP contribution in [0.3, 0.4) is 0 Å². The first kappa shape index (κ1) is 28.1. The highest BCUT2D eigenvalue weighted by molar-refractivity contribution is 5.99. The van der Waals surface area contributed by atoms with Crippen LogP contribution in [-0.4, -0.2) is 39.9 Å². The highest BCUT2D eigenvalue weighted by Crippen LogP contribution is 2.17. The zero-order chi connectivity index (χ0) is 23.6. The van der Waals surface area contributed by atoms with Crippen LogP contribution in [0.1, 0.15) is 122 Å². The average Bonchev–Trinajstić information content (AvgIpc) is 2.74. The third-order valence-electron chi connectivity index (χ3n) is 6.37. The van der Waals surface area contributed by atoms with Crippen molar-refractivity contribution in [2.75, 3.05) is 0 Å². The van der Waals surface area contributed by atoms with Gasteiger partial charge in [-0.25, -0.2) is 4.79 Å². The second-order valence-corrected chi connectivity index (χ2v) is 9.21. The summed E-state index contributed by atoms with van der Waals surface area (Å²) in [5, 5.41) is 21.3. The predicted molar refractivity (Wildman–Crippen MR) is 123 cm³/mol. The molecular formula is C25H43NO6. The second kappa shape index (κ2) is 17.6. The summed E-state index contributed by atoms with van der Waals surface area (Å²) in [4.78, 5) is 47.7. The van der Waals surface area contributed by atoms with Gasteiger partial charge in [-0.2, -0.15) is 0 Å². The molecule has 0 bridgehead atoms. The van der Waals surface area contributed by atoms with E-state index in [0.29, 0.717) is 12.8 Å². The fourth-order valence-electron chi connectivity index (χ4n) is 4.33. The Bertz CT molecular complexity index is 577. The van der Waals surface area contributed by atoms with Crippen molar-refractivity contribution in [1.29, 1.82) is 0 Å². The number of Topliss-reactive ketones (excluding diaryl/α,β-unsaturated/α-hetero) is 1. The Morgan fingerprint density at radius 3 is 1.34 bits per heavy atom. The third kappa shape index (κ3) is 13.5. The van der Waals surface area contributed by atoms with Gasteiger partial charge in [-0.15, -0.1) is 0 Å². The van der Waals surface area contributed by atoms with E-state index in [4.69, 9.17) is 0 Å². The molecule has 1 amide bonds. The lowest BCUT2D eigenvalue weighted by Crippen LogP contribution is -2.44. The smallest absolute Gasteiger partial charge is 0.326 e. The summed E-state index contributed by atoms with van der Waals surface area (Å²) in [6.45, 7) is 0. The normalized spacial score (nSPS) is 25.2. The van der Waals surface area contributed by atoms with Gasteiger partial charge in [-0.05, 0) is 19.3 Å². The summed E-state index contributed by atoms with van der Waals surface area (Å²) in [5.74, 6) is -4.88. The average molecular weight is 454 g/mol. The van der Waals surface area contributed by atoms with Crippen molar-refractivity contribution < 1.29 is 29.4 Å². The van der Waals surface area contributed by atoms with E-state index >= 15 is 0 Å². The molecule has 32 heavy (non-hydrogen) atoms. The lowest BCUT2D eigenvalue weighted by atomic mass is 9.92. The number of carbonyl (C=O) groups excluding carboxylic acids is 2. The number of amides is 1. The minimum Gasteiger partial charge on any atom is -0.481 e. The molecule has 1 aliphatic heterocycles. The molecule has 1 saturated heterocycles. The number of carboxylic acid groups (broad SMARTS) is 2. The number of hydrogen-bond acceptors (Lipinski definition) is 4. The summed E-state index contributed by atoms with van der Waals surface area (Å²) in [6, 6.07) is -1.36. The number of ketones is 1. The molecule has 0 saturated carbocycles. The summed E-state index contributed by atoms with van der Waals surface area (Å²) >= 11 is 0. The van der Waals surface area contributed by atoms with E-state index in [0.717, 1.165) is 38.5 Å². The molecule has 0 aromatic heterocycles. The van der Waals surface area contributed by atoms with Gasteiger partial charge in [0.1, 0.15) is 17.7 Å². The molecule has 0 aromatic rings. The van der Waals surface area contributed by atoms with Crippen LogP contribution in [0.2, 0.25) is 0 Å². The van der Waals surface area contributed by atoms with Crippen molar-refractivity contribution in [2.45, 2.75) is 128 Å². The molecule has 0 spiro atoms. The van der Waals surface area contributed by atoms with Gasteiger partial charge in [-0.1, -0.05) is 89.9 Å². The van der Waals surface area contributed by atoms with Gasteiger partial charge in [0.2, 0.25) is 5.91 Å². The Morgan fingerprint density at radius 1 is 0.594 bits per heavy atom. The Morgan fingerprint density at radius 2 is 0.969 bits per heavy atom. The van der Waals surface area contributed by atoms with Crippen LogP contribution in [0.5, 0.6) is 0 Å². The number of rotatable bonds is 2. The molecule has 2 atom stereocenters. The van der Waals surface area contributed by atoms with E-state index in [9.17, 15) is 29.4 Å². The monoisotopic (exact) mass is 453 g/mol. The van der Waals surface area contributed by atoms with Gasteiger partial charge in [-0.3, -0.25) is 14.4 Å². The first-order valence-electron chi connectivity index (χ1n) is 12.7. The SMILES string of the molecule is O=C1CCCCCCCCCCCCCCCCCCC(=O)C(C(=O)O)C[C@@H](C(=O)O)N1. The van der Waals surface area contributed by atoms with Crippen LogP contribution in [0.25, 0.3) is 0 Å². The molecule has 184 valence electrons. The third-order valence-corrected chi connectivity index (χ3v) is 6.37. The van der Waals surface area contributed by atoms with Crippen LogP contribution in [0.15, 0.2) is 0 Å². The quantitative estimate of drug-likeness (QED) is 0.491. The van der Waals surface area contributed by atoms with Crippen LogP contribution >= 0.6 is 0 Å². The molecule has 1 unspecified atom stereocenters. The fourth-order valence-corrected chi connectivity index (χ4v) is 4.33. The molecule has 1 heterocycles. The van der Waals surface area contributed by atoms with Crippen molar-refractivity contribution in [3.63, 3.8) is 0 Å². The highest BCUT2D eigenvalue weighted by atomic mass is 16.4. The number of hydrogen-bond donors (Lipinski definition) is 3. The van der Waals surface area contributed by atoms with Crippen molar-refractivity contribution in [2.24, 2.45) is 5.92 Å². The van der Waals surface area contributed by atoms with E-state index in [1.54, 1.807) is 0 Å². The predicted octanol–water partition coefficient (Wildman–Crippen LogP) is 5.25. The van der Waals surface area contributed by atoms with E-state index in [2.05, 4.69) is 5.32 Å². The molecule has 7 nitrogen and oxygen atoms in total. The van der Waals surface area contributed by atoms with Gasteiger partial charge in [0.05, 0.1) is 0 Å². The van der Waals surface area contributed by atoms with Crippen LogP contribution < -0.4 is 5.32 Å². The summed E-state index contributed by atoms with van der Waals surface area (Å²) in [7, 11) is 0. The molecule has 0 aliphatic carbocycles. The molecular weight excluding hydrogens is 410 g/mol. The maximum Gasteiger partial charge on any atom is 0.326 e. The number of carboxylic acids is 2. The van der Waals surface area contributed by atoms with E-state index in [1.807, 2.05) is 0 Å². The standard InChI is InChI=1S/C25H43NO6/c27-22-17-15-13-11-9-7-5-3-1-2-4-6-8-10-12-14-16-18-23(28)26-21(25(31)32)19-20(22)24(29)30/h20-21H,1-19H2,(H,26,28)(H,29,30)(H,31,32)/t20?,21-/m0/s1. The van der Waals surface area contributed by atoms with Crippen LogP contribution in [0, 0.1) is 5.92 Å². The Kier molecular flexibility index (Phi) is 15.5. The maximum absolute atomic E-state index is 12.4. The topological polar surface area (TPSA) is 121 Å². The van der Waals surface area contributed by atoms with Crippen molar-refractivity contribution in [3.8, 4) is 0 Å². The summed E-state index contributed by atoms with van der Waals surface area (Å²) in [6.07, 6.45) is 17.5. The highest BCUT2D eigenvalue weighted by Gasteiger charge is 2.32. The zero-order valence-corrected chi connectivity index (χ0v) is 19.6. The van der Waals surface area contributed by atoms with Gasteiger partial charge in [0, 0.05) is 12.8 Å². The Hall–Kier alpha value is -1.92. The van der Waals surface area contributed by atoms with Gasteiger partial charge in [0.15, 0.2) is 0 Å². The van der Waals surface area contributed by atoms with Gasteiger partial charge < -0.3 is 15.5 Å². The van der Waals surface area contributed by atoms with E-state index in [1.165, 1.54) is 51.4 Å². The first-order valence-corrected chi connectivity index (χ1v) is 12.7.